The first-order valence-electron chi connectivity index (χ1n) is 8.09. The lowest BCUT2D eigenvalue weighted by Gasteiger charge is -2.23. The Kier molecular flexibility index (Phi) is 5.60. The minimum atomic E-state index is -3.88. The minimum absolute atomic E-state index is 0.0400. The van der Waals surface area contributed by atoms with Crippen LogP contribution < -0.4 is 5.11 Å². The van der Waals surface area contributed by atoms with Gasteiger partial charge in [0.1, 0.15) is 5.37 Å². The highest BCUT2D eigenvalue weighted by atomic mass is 32.2. The third-order valence-corrected chi connectivity index (χ3v) is 7.31. The lowest BCUT2D eigenvalue weighted by molar-refractivity contribution is -0.306. The normalized spacial score (nSPS) is 22.6. The Bertz CT molecular complexity index is 745. The molecule has 0 unspecified atom stereocenters. The first kappa shape index (κ1) is 18.2. The third kappa shape index (κ3) is 4.13. The Hall–Kier alpha value is -1.65. The van der Waals surface area contributed by atoms with Crippen molar-refractivity contribution in [1.29, 1.82) is 0 Å². The van der Waals surface area contributed by atoms with Gasteiger partial charge in [-0.05, 0) is 43.5 Å². The summed E-state index contributed by atoms with van der Waals surface area (Å²) < 4.78 is 26.2. The average molecular weight is 383 g/mol. The van der Waals surface area contributed by atoms with E-state index < -0.39 is 21.4 Å². The van der Waals surface area contributed by atoms with Gasteiger partial charge in [0, 0.05) is 25.4 Å². The van der Waals surface area contributed by atoms with Crippen molar-refractivity contribution in [3.8, 4) is 0 Å². The molecule has 0 saturated carbocycles. The zero-order valence-electron chi connectivity index (χ0n) is 13.6. The number of piperidine rings is 1. The molecule has 1 aromatic rings. The molecule has 0 spiro atoms. The molecule has 25 heavy (non-hydrogen) atoms. The van der Waals surface area contributed by atoms with Crippen molar-refractivity contribution in [1.82, 2.24) is 9.31 Å². The SMILES string of the molecule is O=C([O-])[C@@H]1SCCN1S(=O)(=O)c1ccc(N=NN2CCCCC2)cc1. The van der Waals surface area contributed by atoms with Gasteiger partial charge in [0.15, 0.2) is 0 Å². The number of carboxylic acid groups (broad SMARTS) is 1. The molecule has 0 bridgehead atoms. The van der Waals surface area contributed by atoms with Crippen LogP contribution in [0.5, 0.6) is 0 Å². The standard InChI is InChI=1S/C15H20N4O4S2/c20-15(21)14-19(10-11-24-14)25(22,23)13-6-4-12(5-7-13)16-17-18-8-2-1-3-9-18/h4-7,14H,1-3,8-11H2,(H,20,21)/p-1/t14-/m0/s1. The van der Waals surface area contributed by atoms with E-state index in [2.05, 4.69) is 10.3 Å². The van der Waals surface area contributed by atoms with Crippen molar-refractivity contribution in [2.75, 3.05) is 25.4 Å². The molecule has 1 atom stereocenters. The van der Waals surface area contributed by atoms with Gasteiger partial charge in [-0.2, -0.15) is 4.31 Å². The van der Waals surface area contributed by atoms with E-state index in [1.165, 1.54) is 18.6 Å². The molecule has 10 heteroatoms. The highest BCUT2D eigenvalue weighted by molar-refractivity contribution is 8.02. The second-order valence-electron chi connectivity index (χ2n) is 5.86. The summed E-state index contributed by atoms with van der Waals surface area (Å²) in [5, 5.41) is 20.1. The first-order valence-corrected chi connectivity index (χ1v) is 10.6. The number of benzene rings is 1. The van der Waals surface area contributed by atoms with E-state index in [0.717, 1.165) is 42.0 Å². The van der Waals surface area contributed by atoms with Crippen molar-refractivity contribution in [2.24, 2.45) is 10.3 Å². The van der Waals surface area contributed by atoms with Crippen LogP contribution in [-0.4, -0.2) is 54.5 Å². The third-order valence-electron chi connectivity index (χ3n) is 4.11. The summed E-state index contributed by atoms with van der Waals surface area (Å²) in [6.07, 6.45) is 3.41. The van der Waals surface area contributed by atoms with Crippen LogP contribution in [0, 0.1) is 0 Å². The molecule has 8 nitrogen and oxygen atoms in total. The first-order chi connectivity index (χ1) is 12.0. The fraction of sp³-hybridized carbons (Fsp3) is 0.533. The van der Waals surface area contributed by atoms with Gasteiger partial charge in [0.05, 0.1) is 16.6 Å². The number of hydrogen-bond donors (Lipinski definition) is 0. The van der Waals surface area contributed by atoms with Gasteiger partial charge in [0.25, 0.3) is 0 Å². The molecule has 136 valence electrons. The van der Waals surface area contributed by atoms with E-state index in [-0.39, 0.29) is 11.4 Å². The molecule has 3 rings (SSSR count). The van der Waals surface area contributed by atoms with Gasteiger partial charge in [-0.3, -0.25) is 5.01 Å². The molecule has 1 aromatic carbocycles. The number of carboxylic acids is 1. The van der Waals surface area contributed by atoms with Crippen molar-refractivity contribution in [3.63, 3.8) is 0 Å². The number of carbonyl (C=O) groups is 1. The van der Waals surface area contributed by atoms with E-state index >= 15 is 0 Å². The maximum absolute atomic E-state index is 12.6. The molecule has 0 radical (unpaired) electrons. The minimum Gasteiger partial charge on any atom is -0.547 e. The van der Waals surface area contributed by atoms with Crippen LogP contribution in [0.25, 0.3) is 0 Å². The second kappa shape index (κ2) is 7.71. The Balaban J connectivity index is 1.72. The Morgan fingerprint density at radius 1 is 1.12 bits per heavy atom. The number of carbonyl (C=O) groups excluding carboxylic acids is 1. The number of aliphatic carboxylic acids is 1. The summed E-state index contributed by atoms with van der Waals surface area (Å²) in [7, 11) is -3.88. The van der Waals surface area contributed by atoms with Gasteiger partial charge < -0.3 is 9.90 Å². The molecule has 0 aliphatic carbocycles. The number of nitrogens with zero attached hydrogens (tertiary/aromatic N) is 4. The van der Waals surface area contributed by atoms with Crippen LogP contribution in [-0.2, 0) is 14.8 Å². The molecular weight excluding hydrogens is 364 g/mol. The van der Waals surface area contributed by atoms with Crippen LogP contribution in [0.4, 0.5) is 5.69 Å². The smallest absolute Gasteiger partial charge is 0.244 e. The largest absolute Gasteiger partial charge is 0.547 e. The van der Waals surface area contributed by atoms with Crippen molar-refractivity contribution in [2.45, 2.75) is 29.5 Å². The number of rotatable bonds is 5. The number of sulfonamides is 1. The summed E-state index contributed by atoms with van der Waals surface area (Å²) in [5.41, 5.74) is 0.553. The Morgan fingerprint density at radius 2 is 1.80 bits per heavy atom. The average Bonchev–Trinajstić information content (AvgIpc) is 3.12. The molecule has 2 saturated heterocycles. The predicted molar refractivity (Wildman–Crippen MR) is 91.5 cm³/mol. The van der Waals surface area contributed by atoms with Gasteiger partial charge in [0.2, 0.25) is 10.0 Å². The maximum Gasteiger partial charge on any atom is 0.244 e. The summed E-state index contributed by atoms with van der Waals surface area (Å²) in [5.74, 6) is -0.960. The summed E-state index contributed by atoms with van der Waals surface area (Å²) >= 11 is 1.05. The van der Waals surface area contributed by atoms with Crippen LogP contribution >= 0.6 is 11.8 Å². The van der Waals surface area contributed by atoms with E-state index in [4.69, 9.17) is 0 Å². The van der Waals surface area contributed by atoms with Gasteiger partial charge in [-0.15, -0.1) is 16.9 Å². The highest BCUT2D eigenvalue weighted by Gasteiger charge is 2.36. The molecular formula is C15H19N4O4S2-. The summed E-state index contributed by atoms with van der Waals surface area (Å²) in [6.45, 7) is 1.92. The topological polar surface area (TPSA) is 105 Å². The maximum atomic E-state index is 12.6. The molecule has 0 N–H and O–H groups in total. The second-order valence-corrected chi connectivity index (χ2v) is 8.93. The van der Waals surface area contributed by atoms with Gasteiger partial charge >= 0.3 is 0 Å². The zero-order chi connectivity index (χ0) is 17.9. The Morgan fingerprint density at radius 3 is 2.44 bits per heavy atom. The van der Waals surface area contributed by atoms with E-state index in [9.17, 15) is 18.3 Å². The molecule has 2 aliphatic rings. The summed E-state index contributed by atoms with van der Waals surface area (Å²) in [6, 6.07) is 5.99. The molecule has 0 aromatic heterocycles. The predicted octanol–water partition coefficient (Wildman–Crippen LogP) is 0.985. The van der Waals surface area contributed by atoms with Crippen molar-refractivity contribution in [3.05, 3.63) is 24.3 Å². The lowest BCUT2D eigenvalue weighted by atomic mass is 10.2. The molecule has 2 aliphatic heterocycles. The highest BCUT2D eigenvalue weighted by Crippen LogP contribution is 2.30. The lowest BCUT2D eigenvalue weighted by Crippen LogP contribution is -2.45. The van der Waals surface area contributed by atoms with Gasteiger partial charge in [-0.1, -0.05) is 5.22 Å². The van der Waals surface area contributed by atoms with Crippen molar-refractivity contribution >= 4 is 33.4 Å². The Labute approximate surface area is 150 Å². The fourth-order valence-corrected chi connectivity index (χ4v) is 5.78. The van der Waals surface area contributed by atoms with Crippen LogP contribution in [0.3, 0.4) is 0 Å². The van der Waals surface area contributed by atoms with Crippen LogP contribution in [0.1, 0.15) is 19.3 Å². The molecule has 2 heterocycles. The molecule has 2 fully saturated rings. The number of thioether (sulfide) groups is 1. The zero-order valence-corrected chi connectivity index (χ0v) is 15.2. The van der Waals surface area contributed by atoms with E-state index in [1.807, 2.05) is 5.01 Å². The fourth-order valence-electron chi connectivity index (χ4n) is 2.79. The van der Waals surface area contributed by atoms with Crippen molar-refractivity contribution < 1.29 is 18.3 Å². The van der Waals surface area contributed by atoms with E-state index in [1.54, 1.807) is 12.1 Å². The van der Waals surface area contributed by atoms with Crippen LogP contribution in [0.15, 0.2) is 39.5 Å². The monoisotopic (exact) mass is 383 g/mol. The number of hydrogen-bond acceptors (Lipinski definition) is 7. The summed E-state index contributed by atoms with van der Waals surface area (Å²) in [4.78, 5) is 11.1. The quantitative estimate of drug-likeness (QED) is 0.702. The van der Waals surface area contributed by atoms with Crippen LogP contribution in [0.2, 0.25) is 0 Å². The van der Waals surface area contributed by atoms with E-state index in [0.29, 0.717) is 11.4 Å². The molecule has 0 amide bonds. The van der Waals surface area contributed by atoms with Gasteiger partial charge in [-0.25, -0.2) is 8.42 Å².